The Morgan fingerprint density at radius 2 is 2.04 bits per heavy atom. The molecule has 0 aliphatic carbocycles. The minimum atomic E-state index is -4.57. The number of nitrogens with zero attached hydrogens (tertiary/aromatic N) is 3. The predicted molar refractivity (Wildman–Crippen MR) is 81.8 cm³/mol. The highest BCUT2D eigenvalue weighted by Crippen LogP contribution is 2.28. The van der Waals surface area contributed by atoms with Crippen LogP contribution in [0, 0.1) is 0 Å². The molecule has 1 aromatic carbocycles. The Bertz CT molecular complexity index is 834. The zero-order chi connectivity index (χ0) is 18.9. The molecular formula is C16H14F3N3O4. The third-order valence-electron chi connectivity index (χ3n) is 3.91. The molecule has 1 N–H and O–H groups in total. The second-order valence-electron chi connectivity index (χ2n) is 5.62. The van der Waals surface area contributed by atoms with E-state index in [1.54, 1.807) is 0 Å². The molecule has 1 aliphatic heterocycles. The van der Waals surface area contributed by atoms with Crippen LogP contribution in [-0.4, -0.2) is 57.5 Å². The molecule has 1 atom stereocenters. The molecule has 1 amide bonds. The number of halogens is 3. The van der Waals surface area contributed by atoms with Crippen LogP contribution in [0.25, 0.3) is 5.69 Å². The van der Waals surface area contributed by atoms with Gasteiger partial charge in [-0.1, -0.05) is 6.07 Å². The molecule has 138 valence electrons. The maximum Gasteiger partial charge on any atom is 0.435 e. The lowest BCUT2D eigenvalue weighted by atomic mass is 10.1. The van der Waals surface area contributed by atoms with Crippen molar-refractivity contribution < 1.29 is 32.6 Å². The Kier molecular flexibility index (Phi) is 4.68. The van der Waals surface area contributed by atoms with Gasteiger partial charge in [0.25, 0.3) is 5.91 Å². The fraction of sp³-hybridized carbons (Fsp3) is 0.312. The molecule has 3 rings (SSSR count). The number of aromatic nitrogens is 2. The average molecular weight is 369 g/mol. The smallest absolute Gasteiger partial charge is 0.435 e. The molecular weight excluding hydrogens is 355 g/mol. The first-order chi connectivity index (χ1) is 12.3. The number of hydrogen-bond donors (Lipinski definition) is 1. The van der Waals surface area contributed by atoms with Crippen LogP contribution in [0.5, 0.6) is 0 Å². The van der Waals surface area contributed by atoms with Crippen molar-refractivity contribution in [3.8, 4) is 5.69 Å². The van der Waals surface area contributed by atoms with Gasteiger partial charge in [0, 0.05) is 18.3 Å². The molecule has 1 unspecified atom stereocenters. The normalized spacial score (nSPS) is 18.0. The number of amides is 1. The number of carboxylic acids is 1. The molecule has 0 radical (unpaired) electrons. The van der Waals surface area contributed by atoms with Crippen LogP contribution < -0.4 is 0 Å². The van der Waals surface area contributed by atoms with Crippen LogP contribution in [0.4, 0.5) is 13.2 Å². The zero-order valence-electron chi connectivity index (χ0n) is 13.3. The number of hydrogen-bond acceptors (Lipinski definition) is 4. The molecule has 0 spiro atoms. The fourth-order valence-corrected chi connectivity index (χ4v) is 2.62. The second-order valence-corrected chi connectivity index (χ2v) is 5.62. The third-order valence-corrected chi connectivity index (χ3v) is 3.91. The highest BCUT2D eigenvalue weighted by atomic mass is 19.4. The van der Waals surface area contributed by atoms with Gasteiger partial charge in [-0.2, -0.15) is 18.3 Å². The standard InChI is InChI=1S/C16H14F3N3O4/c17-16(18,19)13-4-5-22(20-13)11-3-1-2-10(8-11)14(23)21-6-7-26-9-12(21)15(24)25/h1-5,8,12H,6-7,9H2,(H,24,25). The summed E-state index contributed by atoms with van der Waals surface area (Å²) >= 11 is 0. The molecule has 7 nitrogen and oxygen atoms in total. The Hall–Kier alpha value is -2.88. The highest BCUT2D eigenvalue weighted by molar-refractivity contribution is 5.97. The number of carbonyl (C=O) groups excluding carboxylic acids is 1. The number of carbonyl (C=O) groups is 2. The minimum Gasteiger partial charge on any atom is -0.480 e. The van der Waals surface area contributed by atoms with E-state index in [0.717, 1.165) is 16.9 Å². The van der Waals surface area contributed by atoms with E-state index in [0.29, 0.717) is 0 Å². The van der Waals surface area contributed by atoms with Gasteiger partial charge >= 0.3 is 12.1 Å². The largest absolute Gasteiger partial charge is 0.480 e. The predicted octanol–water partition coefficient (Wildman–Crippen LogP) is 1.82. The van der Waals surface area contributed by atoms with E-state index in [2.05, 4.69) is 5.10 Å². The summed E-state index contributed by atoms with van der Waals surface area (Å²) in [5.74, 6) is -1.72. The number of morpholine rings is 1. The van der Waals surface area contributed by atoms with E-state index < -0.39 is 29.8 Å². The van der Waals surface area contributed by atoms with Crippen molar-refractivity contribution in [2.45, 2.75) is 12.2 Å². The van der Waals surface area contributed by atoms with Crippen LogP contribution in [0.2, 0.25) is 0 Å². The Labute approximate surface area is 145 Å². The number of carboxylic acid groups (broad SMARTS) is 1. The third kappa shape index (κ3) is 3.54. The molecule has 2 aromatic rings. The van der Waals surface area contributed by atoms with Crippen molar-refractivity contribution in [1.29, 1.82) is 0 Å². The van der Waals surface area contributed by atoms with E-state index in [-0.39, 0.29) is 31.0 Å². The number of alkyl halides is 3. The Balaban J connectivity index is 1.88. The summed E-state index contributed by atoms with van der Waals surface area (Å²) in [6.45, 7) is 0.207. The summed E-state index contributed by atoms with van der Waals surface area (Å²) in [4.78, 5) is 25.1. The second kappa shape index (κ2) is 6.79. The van der Waals surface area contributed by atoms with Crippen LogP contribution in [0.15, 0.2) is 36.5 Å². The quantitative estimate of drug-likeness (QED) is 0.892. The van der Waals surface area contributed by atoms with Gasteiger partial charge in [-0.3, -0.25) is 4.79 Å². The van der Waals surface area contributed by atoms with E-state index in [1.807, 2.05) is 0 Å². The first kappa shape index (κ1) is 17.9. The molecule has 1 fully saturated rings. The monoisotopic (exact) mass is 369 g/mol. The average Bonchev–Trinajstić information content (AvgIpc) is 3.12. The van der Waals surface area contributed by atoms with Gasteiger partial charge in [0.2, 0.25) is 0 Å². The Morgan fingerprint density at radius 3 is 2.69 bits per heavy atom. The summed E-state index contributed by atoms with van der Waals surface area (Å²) in [7, 11) is 0. The van der Waals surface area contributed by atoms with Gasteiger partial charge in [-0.15, -0.1) is 0 Å². The van der Waals surface area contributed by atoms with Gasteiger partial charge in [-0.05, 0) is 24.3 Å². The molecule has 26 heavy (non-hydrogen) atoms. The maximum absolute atomic E-state index is 12.7. The van der Waals surface area contributed by atoms with Crippen molar-refractivity contribution in [2.24, 2.45) is 0 Å². The van der Waals surface area contributed by atoms with Crippen molar-refractivity contribution in [3.05, 3.63) is 47.8 Å². The van der Waals surface area contributed by atoms with Crippen LogP contribution in [-0.2, 0) is 15.7 Å². The molecule has 1 aliphatic rings. The molecule has 1 aromatic heterocycles. The first-order valence-corrected chi connectivity index (χ1v) is 7.62. The summed E-state index contributed by atoms with van der Waals surface area (Å²) in [5.41, 5.74) is -0.639. The van der Waals surface area contributed by atoms with Gasteiger partial charge < -0.3 is 14.7 Å². The maximum atomic E-state index is 12.7. The summed E-state index contributed by atoms with van der Waals surface area (Å²) in [6, 6.07) is 5.54. The van der Waals surface area contributed by atoms with Crippen molar-refractivity contribution in [2.75, 3.05) is 19.8 Å². The Morgan fingerprint density at radius 1 is 1.27 bits per heavy atom. The van der Waals surface area contributed by atoms with Crippen LogP contribution in [0.1, 0.15) is 16.1 Å². The molecule has 0 saturated carbocycles. The van der Waals surface area contributed by atoms with Crippen molar-refractivity contribution in [1.82, 2.24) is 14.7 Å². The molecule has 10 heteroatoms. The SMILES string of the molecule is O=C(O)C1COCCN1C(=O)c1cccc(-n2ccc(C(F)(F)F)n2)c1. The molecule has 2 heterocycles. The first-order valence-electron chi connectivity index (χ1n) is 7.62. The molecule has 0 bridgehead atoms. The highest BCUT2D eigenvalue weighted by Gasteiger charge is 2.34. The topological polar surface area (TPSA) is 84.7 Å². The minimum absolute atomic E-state index is 0.111. The van der Waals surface area contributed by atoms with Crippen LogP contribution >= 0.6 is 0 Å². The number of ether oxygens (including phenoxy) is 1. The van der Waals surface area contributed by atoms with Crippen LogP contribution in [0.3, 0.4) is 0 Å². The molecule has 1 saturated heterocycles. The van der Waals surface area contributed by atoms with Gasteiger partial charge in [0.15, 0.2) is 11.7 Å². The summed E-state index contributed by atoms with van der Waals surface area (Å²) in [5, 5.41) is 12.7. The lowest BCUT2D eigenvalue weighted by Gasteiger charge is -2.32. The number of rotatable bonds is 3. The fourth-order valence-electron chi connectivity index (χ4n) is 2.62. The van der Waals surface area contributed by atoms with E-state index in [4.69, 9.17) is 4.74 Å². The van der Waals surface area contributed by atoms with Crippen molar-refractivity contribution in [3.63, 3.8) is 0 Å². The summed E-state index contributed by atoms with van der Waals surface area (Å²) in [6.07, 6.45) is -3.43. The lowest BCUT2D eigenvalue weighted by molar-refractivity contribution is -0.147. The zero-order valence-corrected chi connectivity index (χ0v) is 13.3. The summed E-state index contributed by atoms with van der Waals surface area (Å²) < 4.78 is 44.1. The van der Waals surface area contributed by atoms with E-state index in [1.165, 1.54) is 29.2 Å². The lowest BCUT2D eigenvalue weighted by Crippen LogP contribution is -2.52. The van der Waals surface area contributed by atoms with Gasteiger partial charge in [-0.25, -0.2) is 9.48 Å². The van der Waals surface area contributed by atoms with Gasteiger partial charge in [0.1, 0.15) is 0 Å². The van der Waals surface area contributed by atoms with E-state index >= 15 is 0 Å². The van der Waals surface area contributed by atoms with E-state index in [9.17, 15) is 27.9 Å². The van der Waals surface area contributed by atoms with Crippen molar-refractivity contribution >= 4 is 11.9 Å². The number of benzene rings is 1. The van der Waals surface area contributed by atoms with Gasteiger partial charge in [0.05, 0.1) is 18.9 Å². The number of aliphatic carboxylic acids is 1.